The summed E-state index contributed by atoms with van der Waals surface area (Å²) in [5, 5.41) is 0. The molecule has 0 aliphatic carbocycles. The summed E-state index contributed by atoms with van der Waals surface area (Å²) in [7, 11) is 0. The van der Waals surface area contributed by atoms with E-state index in [4.69, 9.17) is 11.6 Å². The summed E-state index contributed by atoms with van der Waals surface area (Å²) in [6.07, 6.45) is 4.25. The van der Waals surface area contributed by atoms with E-state index in [1.165, 1.54) is 6.07 Å². The van der Waals surface area contributed by atoms with E-state index in [-0.39, 0.29) is 10.6 Å². The first-order chi connectivity index (χ1) is 9.60. The fraction of sp³-hybridized carbons (Fsp3) is 0.533. The lowest BCUT2D eigenvalue weighted by molar-refractivity contribution is 0.466. The smallest absolute Gasteiger partial charge is 0.151 e. The predicted molar refractivity (Wildman–Crippen MR) is 86.1 cm³/mol. The van der Waals surface area contributed by atoms with Gasteiger partial charge in [0.2, 0.25) is 0 Å². The summed E-state index contributed by atoms with van der Waals surface area (Å²) in [4.78, 5) is 4.36. The van der Waals surface area contributed by atoms with Crippen molar-refractivity contribution < 1.29 is 4.39 Å². The van der Waals surface area contributed by atoms with E-state index in [1.54, 1.807) is 6.07 Å². The molecule has 2 aromatic rings. The molecule has 0 saturated heterocycles. The van der Waals surface area contributed by atoms with Gasteiger partial charge >= 0.3 is 0 Å². The van der Waals surface area contributed by atoms with Crippen molar-refractivity contribution in [1.29, 1.82) is 0 Å². The molecule has 0 unspecified atom stereocenters. The van der Waals surface area contributed by atoms with Gasteiger partial charge in [-0.3, -0.25) is 0 Å². The molecule has 0 amide bonds. The number of halogens is 2. The van der Waals surface area contributed by atoms with Crippen LogP contribution in [0.1, 0.15) is 32.5 Å². The van der Waals surface area contributed by atoms with E-state index in [0.29, 0.717) is 11.4 Å². The molecule has 1 aromatic carbocycles. The summed E-state index contributed by atoms with van der Waals surface area (Å²) in [5.41, 5.74) is 1.26. The minimum atomic E-state index is -0.282. The molecule has 5 heteroatoms. The molecule has 0 fully saturated rings. The lowest BCUT2D eigenvalue weighted by Crippen LogP contribution is -2.29. The number of nitrogens with zero attached hydrogens (tertiary/aromatic N) is 2. The zero-order valence-corrected chi connectivity index (χ0v) is 13.7. The Bertz CT molecular complexity index is 585. The molecular weight excluding hydrogens is 295 g/mol. The summed E-state index contributed by atoms with van der Waals surface area (Å²) in [6, 6.07) is 5.09. The number of hydrogen-bond acceptors (Lipinski definition) is 2. The molecule has 1 heterocycles. The van der Waals surface area contributed by atoms with Gasteiger partial charge in [-0.2, -0.15) is 11.8 Å². The SMILES string of the molecule is CCC(CC)(Cn1c(CCl)nc2c(F)cccc21)SC. The molecule has 0 atom stereocenters. The molecule has 0 saturated carbocycles. The number of hydrogen-bond donors (Lipinski definition) is 0. The van der Waals surface area contributed by atoms with Crippen LogP contribution in [0, 0.1) is 5.82 Å². The fourth-order valence-electron chi connectivity index (χ4n) is 2.55. The molecule has 2 nitrogen and oxygen atoms in total. The number of benzene rings is 1. The predicted octanol–water partition coefficient (Wildman–Crippen LogP) is 4.84. The molecule has 0 bridgehead atoms. The third-order valence-electron chi connectivity index (χ3n) is 4.10. The first-order valence-corrected chi connectivity index (χ1v) is 8.61. The van der Waals surface area contributed by atoms with Crippen LogP contribution in [0.2, 0.25) is 0 Å². The fourth-order valence-corrected chi connectivity index (χ4v) is 3.59. The number of fused-ring (bicyclic) bond motifs is 1. The van der Waals surface area contributed by atoms with Crippen molar-refractivity contribution in [3.8, 4) is 0 Å². The summed E-state index contributed by atoms with van der Waals surface area (Å²) in [6.45, 7) is 5.20. The standard InChI is InChI=1S/C15H20ClFN2S/c1-4-15(5-2,20-3)10-19-12-8-6-7-11(17)14(12)18-13(19)9-16/h6-8H,4-5,9-10H2,1-3H3. The van der Waals surface area contributed by atoms with Gasteiger partial charge in [0.1, 0.15) is 11.3 Å². The third-order valence-corrected chi connectivity index (χ3v) is 5.91. The van der Waals surface area contributed by atoms with E-state index in [1.807, 2.05) is 17.8 Å². The molecule has 20 heavy (non-hydrogen) atoms. The second kappa shape index (κ2) is 6.35. The van der Waals surface area contributed by atoms with Gasteiger partial charge in [-0.25, -0.2) is 9.37 Å². The van der Waals surface area contributed by atoms with Gasteiger partial charge in [0.05, 0.1) is 11.4 Å². The third kappa shape index (κ3) is 2.68. The number of imidazole rings is 1. The van der Waals surface area contributed by atoms with Crippen molar-refractivity contribution in [3.63, 3.8) is 0 Å². The van der Waals surface area contributed by atoms with Crippen molar-refractivity contribution in [1.82, 2.24) is 9.55 Å². The highest BCUT2D eigenvalue weighted by Gasteiger charge is 2.27. The number of rotatable bonds is 6. The van der Waals surface area contributed by atoms with Crippen LogP contribution in [-0.4, -0.2) is 20.6 Å². The maximum atomic E-state index is 13.9. The molecule has 0 aliphatic heterocycles. The lowest BCUT2D eigenvalue weighted by Gasteiger charge is -2.31. The Morgan fingerprint density at radius 3 is 2.60 bits per heavy atom. The zero-order valence-electron chi connectivity index (χ0n) is 12.1. The van der Waals surface area contributed by atoms with Crippen LogP contribution in [0.15, 0.2) is 18.2 Å². The quantitative estimate of drug-likeness (QED) is 0.710. The topological polar surface area (TPSA) is 17.8 Å². The monoisotopic (exact) mass is 314 g/mol. The largest absolute Gasteiger partial charge is 0.325 e. The van der Waals surface area contributed by atoms with Crippen LogP contribution in [0.5, 0.6) is 0 Å². The van der Waals surface area contributed by atoms with Gasteiger partial charge in [-0.05, 0) is 31.2 Å². The average Bonchev–Trinajstić information content (AvgIpc) is 2.84. The van der Waals surface area contributed by atoms with E-state index in [9.17, 15) is 4.39 Å². The molecule has 1 aromatic heterocycles. The second-order valence-corrected chi connectivity index (χ2v) is 6.49. The van der Waals surface area contributed by atoms with E-state index in [2.05, 4.69) is 29.7 Å². The molecule has 0 spiro atoms. The van der Waals surface area contributed by atoms with Gasteiger partial charge in [-0.15, -0.1) is 11.6 Å². The van der Waals surface area contributed by atoms with Crippen molar-refractivity contribution in [2.24, 2.45) is 0 Å². The Hall–Kier alpha value is -0.740. The van der Waals surface area contributed by atoms with E-state index < -0.39 is 0 Å². The van der Waals surface area contributed by atoms with Gasteiger partial charge in [0, 0.05) is 11.3 Å². The Labute approximate surface area is 128 Å². The van der Waals surface area contributed by atoms with Crippen LogP contribution in [0.3, 0.4) is 0 Å². The van der Waals surface area contributed by atoms with Crippen LogP contribution < -0.4 is 0 Å². The Morgan fingerprint density at radius 2 is 2.05 bits per heavy atom. The highest BCUT2D eigenvalue weighted by Crippen LogP contribution is 2.34. The maximum absolute atomic E-state index is 13.9. The lowest BCUT2D eigenvalue weighted by atomic mass is 10.0. The first kappa shape index (κ1) is 15.6. The van der Waals surface area contributed by atoms with Crippen molar-refractivity contribution in [3.05, 3.63) is 29.8 Å². The van der Waals surface area contributed by atoms with Crippen LogP contribution in [0.4, 0.5) is 4.39 Å². The van der Waals surface area contributed by atoms with Gasteiger partial charge < -0.3 is 4.57 Å². The summed E-state index contributed by atoms with van der Waals surface area (Å²) >= 11 is 7.86. The van der Waals surface area contributed by atoms with Gasteiger partial charge in [0.15, 0.2) is 5.82 Å². The minimum absolute atomic E-state index is 0.140. The molecule has 0 N–H and O–H groups in total. The number of alkyl halides is 1. The highest BCUT2D eigenvalue weighted by atomic mass is 35.5. The second-order valence-electron chi connectivity index (χ2n) is 4.95. The molecule has 0 radical (unpaired) electrons. The van der Waals surface area contributed by atoms with Crippen molar-refractivity contribution in [2.45, 2.75) is 43.9 Å². The van der Waals surface area contributed by atoms with Crippen molar-refractivity contribution in [2.75, 3.05) is 6.26 Å². The molecule has 110 valence electrons. The number of para-hydroxylation sites is 1. The highest BCUT2D eigenvalue weighted by molar-refractivity contribution is 8.00. The van der Waals surface area contributed by atoms with Crippen LogP contribution >= 0.6 is 23.4 Å². The maximum Gasteiger partial charge on any atom is 0.151 e. The van der Waals surface area contributed by atoms with Crippen LogP contribution in [-0.2, 0) is 12.4 Å². The molecule has 0 aliphatic rings. The summed E-state index contributed by atoms with van der Waals surface area (Å²) in [5.74, 6) is 0.758. The zero-order chi connectivity index (χ0) is 14.8. The summed E-state index contributed by atoms with van der Waals surface area (Å²) < 4.78 is 16.1. The Morgan fingerprint density at radius 1 is 1.35 bits per heavy atom. The molecular formula is C15H20ClFN2S. The number of thioether (sulfide) groups is 1. The normalized spacial score (nSPS) is 12.2. The number of aromatic nitrogens is 2. The Balaban J connectivity index is 2.55. The van der Waals surface area contributed by atoms with E-state index in [0.717, 1.165) is 30.7 Å². The van der Waals surface area contributed by atoms with Crippen LogP contribution in [0.25, 0.3) is 11.0 Å². The average molecular weight is 315 g/mol. The van der Waals surface area contributed by atoms with E-state index >= 15 is 0 Å². The van der Waals surface area contributed by atoms with Crippen molar-refractivity contribution >= 4 is 34.4 Å². The molecule has 2 rings (SSSR count). The van der Waals surface area contributed by atoms with Gasteiger partial charge in [-0.1, -0.05) is 19.9 Å². The first-order valence-electron chi connectivity index (χ1n) is 6.85. The van der Waals surface area contributed by atoms with Gasteiger partial charge in [0.25, 0.3) is 0 Å². The minimum Gasteiger partial charge on any atom is -0.325 e. The Kier molecular flexibility index (Phi) is 4.97.